The molecule has 2 aromatic heterocycles. The van der Waals surface area contributed by atoms with Crippen molar-refractivity contribution >= 4 is 55.8 Å². The maximum Gasteiger partial charge on any atom is 0.280 e. The summed E-state index contributed by atoms with van der Waals surface area (Å²) >= 11 is 13.9. The van der Waals surface area contributed by atoms with Crippen molar-refractivity contribution in [2.45, 2.75) is 0 Å². The van der Waals surface area contributed by atoms with Crippen LogP contribution in [0.15, 0.2) is 66.9 Å². The Morgan fingerprint density at radius 2 is 1.81 bits per heavy atom. The van der Waals surface area contributed by atoms with E-state index in [1.54, 1.807) is 24.3 Å². The number of nitrogens with one attached hydrogen (secondary N) is 1. The predicted molar refractivity (Wildman–Crippen MR) is 142 cm³/mol. The van der Waals surface area contributed by atoms with E-state index in [4.69, 9.17) is 32.7 Å². The van der Waals surface area contributed by atoms with Crippen LogP contribution in [0.2, 0.25) is 10.0 Å². The van der Waals surface area contributed by atoms with Crippen molar-refractivity contribution in [1.29, 1.82) is 0 Å². The van der Waals surface area contributed by atoms with Gasteiger partial charge < -0.3 is 14.6 Å². The van der Waals surface area contributed by atoms with E-state index >= 15 is 0 Å². The van der Waals surface area contributed by atoms with Crippen LogP contribution in [0.25, 0.3) is 21.3 Å². The third-order valence-electron chi connectivity index (χ3n) is 5.31. The van der Waals surface area contributed by atoms with Crippen molar-refractivity contribution in [2.24, 2.45) is 0 Å². The van der Waals surface area contributed by atoms with Crippen molar-refractivity contribution in [3.05, 3.63) is 88.4 Å². The summed E-state index contributed by atoms with van der Waals surface area (Å²) in [7, 11) is 1.37. The fourth-order valence-corrected chi connectivity index (χ4v) is 4.90. The lowest BCUT2D eigenvalue weighted by atomic mass is 10.0. The van der Waals surface area contributed by atoms with Crippen LogP contribution in [0.5, 0.6) is 23.0 Å². The number of ether oxygens (including phenoxy) is 2. The Morgan fingerprint density at radius 1 is 1.00 bits per heavy atom. The number of halogens is 3. The van der Waals surface area contributed by atoms with Gasteiger partial charge in [0.1, 0.15) is 17.3 Å². The highest BCUT2D eigenvalue weighted by atomic mass is 35.5. The van der Waals surface area contributed by atoms with Gasteiger partial charge in [-0.2, -0.15) is 0 Å². The normalized spacial score (nSPS) is 10.9. The van der Waals surface area contributed by atoms with E-state index in [0.29, 0.717) is 32.1 Å². The van der Waals surface area contributed by atoms with Crippen LogP contribution in [-0.2, 0) is 0 Å². The molecule has 0 aliphatic rings. The van der Waals surface area contributed by atoms with Crippen LogP contribution in [0.1, 0.15) is 10.5 Å². The molecular weight excluding hydrogens is 540 g/mol. The Hall–Kier alpha value is -3.92. The molecule has 2 heterocycles. The molecule has 3 aromatic carbocycles. The first-order valence-corrected chi connectivity index (χ1v) is 12.3. The standard InChI is InChI=1S/C26H16Cl2FN3O4S/c1-35-20-8-9-30-23(24(20)33)25(34)32-26-31-18-11-15(14-4-2-3-5-16(14)27)21(12-22(18)37-26)36-19-7-6-13(29)10-17(19)28/h2-12,33H,1H3,(H,31,32,34). The number of rotatable bonds is 6. The van der Waals surface area contributed by atoms with Gasteiger partial charge in [-0.25, -0.2) is 14.4 Å². The smallest absolute Gasteiger partial charge is 0.280 e. The Balaban J connectivity index is 1.56. The number of aromatic nitrogens is 2. The number of hydrogen-bond donors (Lipinski definition) is 2. The van der Waals surface area contributed by atoms with Crippen molar-refractivity contribution in [3.63, 3.8) is 0 Å². The molecule has 11 heteroatoms. The second kappa shape index (κ2) is 10.2. The van der Waals surface area contributed by atoms with Gasteiger partial charge in [0.25, 0.3) is 5.91 Å². The van der Waals surface area contributed by atoms with Crippen molar-refractivity contribution in [3.8, 4) is 34.1 Å². The molecule has 37 heavy (non-hydrogen) atoms. The van der Waals surface area contributed by atoms with E-state index < -0.39 is 11.7 Å². The minimum absolute atomic E-state index is 0.105. The monoisotopic (exact) mass is 555 g/mol. The summed E-state index contributed by atoms with van der Waals surface area (Å²) in [4.78, 5) is 21.2. The quantitative estimate of drug-likeness (QED) is 0.224. The molecule has 0 aliphatic heterocycles. The van der Waals surface area contributed by atoms with Gasteiger partial charge >= 0.3 is 0 Å². The molecule has 0 spiro atoms. The summed E-state index contributed by atoms with van der Waals surface area (Å²) in [5, 5.41) is 13.8. The molecule has 5 rings (SSSR count). The number of carbonyl (C=O) groups is 1. The highest BCUT2D eigenvalue weighted by molar-refractivity contribution is 7.22. The summed E-state index contributed by atoms with van der Waals surface area (Å²) in [5.74, 6) is -0.738. The van der Waals surface area contributed by atoms with E-state index in [1.807, 2.05) is 12.1 Å². The summed E-state index contributed by atoms with van der Waals surface area (Å²) in [5.41, 5.74) is 1.66. The minimum atomic E-state index is -0.656. The van der Waals surface area contributed by atoms with Crippen LogP contribution in [-0.4, -0.2) is 28.1 Å². The van der Waals surface area contributed by atoms with E-state index in [-0.39, 0.29) is 33.1 Å². The SMILES string of the molecule is COc1ccnc(C(=O)Nc2nc3cc(-c4ccccc4Cl)c(Oc4ccc(F)cc4Cl)cc3s2)c1O. The molecule has 186 valence electrons. The summed E-state index contributed by atoms with van der Waals surface area (Å²) in [6.45, 7) is 0. The van der Waals surface area contributed by atoms with E-state index in [1.165, 1.54) is 42.8 Å². The Labute approximate surface area is 224 Å². The summed E-state index contributed by atoms with van der Waals surface area (Å²) < 4.78 is 25.4. The van der Waals surface area contributed by atoms with E-state index in [9.17, 15) is 14.3 Å². The average molecular weight is 556 g/mol. The number of pyridine rings is 1. The van der Waals surface area contributed by atoms with Gasteiger partial charge in [0.2, 0.25) is 0 Å². The number of fused-ring (bicyclic) bond motifs is 1. The molecule has 1 amide bonds. The number of methoxy groups -OCH3 is 1. The molecule has 0 bridgehead atoms. The van der Waals surface area contributed by atoms with E-state index in [2.05, 4.69) is 15.3 Å². The number of benzene rings is 3. The number of carbonyl (C=O) groups excluding carboxylic acids is 1. The Kier molecular flexibility index (Phi) is 6.84. The molecule has 0 saturated heterocycles. The van der Waals surface area contributed by atoms with Crippen LogP contribution in [0.4, 0.5) is 9.52 Å². The summed E-state index contributed by atoms with van der Waals surface area (Å²) in [6, 6.07) is 16.0. The second-order valence-electron chi connectivity index (χ2n) is 7.66. The minimum Gasteiger partial charge on any atom is -0.503 e. The highest BCUT2D eigenvalue weighted by Gasteiger charge is 2.20. The predicted octanol–water partition coefficient (Wildman–Crippen LogP) is 7.56. The number of anilines is 1. The largest absolute Gasteiger partial charge is 0.503 e. The zero-order chi connectivity index (χ0) is 26.1. The van der Waals surface area contributed by atoms with Crippen molar-refractivity contribution < 1.29 is 23.8 Å². The number of amides is 1. The third-order valence-corrected chi connectivity index (χ3v) is 6.87. The Bertz CT molecular complexity index is 1660. The number of hydrogen-bond acceptors (Lipinski definition) is 7. The molecule has 0 radical (unpaired) electrons. The molecular formula is C26H16Cl2FN3O4S. The fraction of sp³-hybridized carbons (Fsp3) is 0.0385. The number of thiazole rings is 1. The first kappa shape index (κ1) is 24.8. The lowest BCUT2D eigenvalue weighted by Gasteiger charge is -2.14. The number of nitrogens with zero attached hydrogens (tertiary/aromatic N) is 2. The maximum absolute atomic E-state index is 13.6. The zero-order valence-electron chi connectivity index (χ0n) is 19.0. The number of aromatic hydroxyl groups is 1. The lowest BCUT2D eigenvalue weighted by Crippen LogP contribution is -2.13. The van der Waals surface area contributed by atoms with Gasteiger partial charge in [-0.15, -0.1) is 0 Å². The van der Waals surface area contributed by atoms with Gasteiger partial charge in [0, 0.05) is 34.5 Å². The van der Waals surface area contributed by atoms with Crippen LogP contribution < -0.4 is 14.8 Å². The molecule has 2 N–H and O–H groups in total. The second-order valence-corrected chi connectivity index (χ2v) is 9.50. The Morgan fingerprint density at radius 3 is 2.57 bits per heavy atom. The van der Waals surface area contributed by atoms with Crippen molar-refractivity contribution in [1.82, 2.24) is 9.97 Å². The molecule has 0 saturated carbocycles. The molecule has 7 nitrogen and oxygen atoms in total. The van der Waals surface area contributed by atoms with Gasteiger partial charge in [0.15, 0.2) is 22.3 Å². The molecule has 0 aliphatic carbocycles. The summed E-state index contributed by atoms with van der Waals surface area (Å²) in [6.07, 6.45) is 1.35. The molecule has 0 atom stereocenters. The van der Waals surface area contributed by atoms with Crippen LogP contribution in [0.3, 0.4) is 0 Å². The zero-order valence-corrected chi connectivity index (χ0v) is 21.3. The van der Waals surface area contributed by atoms with Crippen LogP contribution in [0, 0.1) is 5.82 Å². The topological polar surface area (TPSA) is 93.6 Å². The van der Waals surface area contributed by atoms with Crippen LogP contribution >= 0.6 is 34.5 Å². The van der Waals surface area contributed by atoms with Gasteiger partial charge in [-0.1, -0.05) is 52.7 Å². The van der Waals surface area contributed by atoms with Gasteiger partial charge in [-0.3, -0.25) is 10.1 Å². The molecule has 0 unspecified atom stereocenters. The molecule has 5 aromatic rings. The van der Waals surface area contributed by atoms with Gasteiger partial charge in [-0.05, 0) is 30.3 Å². The first-order valence-electron chi connectivity index (χ1n) is 10.7. The van der Waals surface area contributed by atoms with Crippen molar-refractivity contribution in [2.75, 3.05) is 12.4 Å². The maximum atomic E-state index is 13.6. The molecule has 0 fully saturated rings. The van der Waals surface area contributed by atoms with Gasteiger partial charge in [0.05, 0.1) is 22.3 Å². The lowest BCUT2D eigenvalue weighted by molar-refractivity contribution is 0.101. The average Bonchev–Trinajstić information content (AvgIpc) is 3.26. The third kappa shape index (κ3) is 5.01. The van der Waals surface area contributed by atoms with E-state index in [0.717, 1.165) is 6.07 Å². The first-order chi connectivity index (χ1) is 17.8. The fourth-order valence-electron chi connectivity index (χ4n) is 3.58. The highest BCUT2D eigenvalue weighted by Crippen LogP contribution is 2.43.